The first-order valence-electron chi connectivity index (χ1n) is 5.36. The summed E-state index contributed by atoms with van der Waals surface area (Å²) in [5.74, 6) is 0.316. The summed E-state index contributed by atoms with van der Waals surface area (Å²) in [4.78, 5) is 11.7. The summed E-state index contributed by atoms with van der Waals surface area (Å²) in [6, 6.07) is 6.83. The maximum Gasteiger partial charge on any atom is 0.272 e. The molecule has 0 aliphatic carbocycles. The third-order valence-corrected chi connectivity index (χ3v) is 2.21. The van der Waals surface area contributed by atoms with Crippen LogP contribution in [0.15, 0.2) is 30.5 Å². The Balaban J connectivity index is 1.95. The van der Waals surface area contributed by atoms with Gasteiger partial charge in [-0.1, -0.05) is 0 Å². The molecule has 0 aliphatic rings. The third kappa shape index (κ3) is 2.97. The molecule has 0 atom stereocenters. The molecule has 7 heteroatoms. The van der Waals surface area contributed by atoms with E-state index < -0.39 is 0 Å². The highest BCUT2D eigenvalue weighted by atomic mass is 16.1. The number of carbonyl (C=O) groups is 1. The van der Waals surface area contributed by atoms with Gasteiger partial charge in [0.2, 0.25) is 0 Å². The number of nitrogens with zero attached hydrogens (tertiary/aromatic N) is 4. The molecule has 2 rings (SSSR count). The Hall–Kier alpha value is -2.57. The molecule has 0 saturated heterocycles. The van der Waals surface area contributed by atoms with Crippen molar-refractivity contribution in [2.24, 2.45) is 0 Å². The molecular weight excluding hydrogens is 232 g/mol. The molecule has 0 fully saturated rings. The molecule has 0 bridgehead atoms. The first-order valence-corrected chi connectivity index (χ1v) is 5.36. The van der Waals surface area contributed by atoms with E-state index in [0.717, 1.165) is 0 Å². The van der Waals surface area contributed by atoms with Gasteiger partial charge in [-0.25, -0.2) is 0 Å². The quantitative estimate of drug-likeness (QED) is 0.800. The zero-order valence-corrected chi connectivity index (χ0v) is 9.79. The van der Waals surface area contributed by atoms with Crippen LogP contribution >= 0.6 is 0 Å². The maximum atomic E-state index is 11.7. The summed E-state index contributed by atoms with van der Waals surface area (Å²) in [5, 5.41) is 20.7. The van der Waals surface area contributed by atoms with Crippen LogP contribution in [0.3, 0.4) is 0 Å². The van der Waals surface area contributed by atoms with Gasteiger partial charge in [-0.3, -0.25) is 4.79 Å². The number of nitrogens with one attached hydrogen (secondary N) is 2. The van der Waals surface area contributed by atoms with Gasteiger partial charge in [0.1, 0.15) is 5.82 Å². The lowest BCUT2D eigenvalue weighted by molar-refractivity contribution is 0.0944. The van der Waals surface area contributed by atoms with Crippen LogP contribution < -0.4 is 10.6 Å². The second kappa shape index (κ2) is 5.67. The molecule has 2 aromatic heterocycles. The van der Waals surface area contributed by atoms with Crippen LogP contribution in [-0.4, -0.2) is 33.3 Å². The van der Waals surface area contributed by atoms with E-state index in [-0.39, 0.29) is 11.6 Å². The Morgan fingerprint density at radius 2 is 2.11 bits per heavy atom. The van der Waals surface area contributed by atoms with Crippen molar-refractivity contribution in [3.05, 3.63) is 41.9 Å². The van der Waals surface area contributed by atoms with Crippen LogP contribution in [0.25, 0.3) is 0 Å². The minimum Gasteiger partial charge on any atom is -0.372 e. The Kier molecular flexibility index (Phi) is 3.75. The number of hydrogen-bond donors (Lipinski definition) is 2. The van der Waals surface area contributed by atoms with Crippen molar-refractivity contribution in [2.45, 2.75) is 6.54 Å². The number of aromatic nitrogens is 4. The predicted octanol–water partition coefficient (Wildman–Crippen LogP) is 0.238. The van der Waals surface area contributed by atoms with Gasteiger partial charge in [-0.2, -0.15) is 10.2 Å². The summed E-state index contributed by atoms with van der Waals surface area (Å²) < 4.78 is 0. The molecule has 7 nitrogen and oxygen atoms in total. The normalized spacial score (nSPS) is 9.83. The lowest BCUT2D eigenvalue weighted by Gasteiger charge is -2.03. The Morgan fingerprint density at radius 1 is 1.22 bits per heavy atom. The summed E-state index contributed by atoms with van der Waals surface area (Å²) in [6.07, 6.45) is 1.58. The van der Waals surface area contributed by atoms with Crippen molar-refractivity contribution < 1.29 is 4.79 Å². The van der Waals surface area contributed by atoms with E-state index in [0.29, 0.717) is 18.1 Å². The lowest BCUT2D eigenvalue weighted by atomic mass is 10.3. The molecular formula is C11H12N6O. The summed E-state index contributed by atoms with van der Waals surface area (Å²) in [7, 11) is 1.73. The number of carbonyl (C=O) groups excluding carboxylic acids is 1. The first-order chi connectivity index (χ1) is 8.79. The molecule has 92 valence electrons. The predicted molar refractivity (Wildman–Crippen MR) is 64.8 cm³/mol. The minimum atomic E-state index is -0.296. The molecule has 0 aromatic carbocycles. The third-order valence-electron chi connectivity index (χ3n) is 2.21. The van der Waals surface area contributed by atoms with E-state index in [9.17, 15) is 4.79 Å². The van der Waals surface area contributed by atoms with E-state index in [2.05, 4.69) is 31.0 Å². The fourth-order valence-corrected chi connectivity index (χ4v) is 1.28. The highest BCUT2D eigenvalue weighted by Crippen LogP contribution is 2.00. The van der Waals surface area contributed by atoms with Crippen LogP contribution in [-0.2, 0) is 6.54 Å². The van der Waals surface area contributed by atoms with E-state index in [4.69, 9.17) is 0 Å². The molecule has 0 aliphatic heterocycles. The lowest BCUT2D eigenvalue weighted by Crippen LogP contribution is -2.24. The van der Waals surface area contributed by atoms with Gasteiger partial charge in [-0.05, 0) is 24.3 Å². The molecule has 2 N–H and O–H groups in total. The number of anilines is 1. The van der Waals surface area contributed by atoms with E-state index in [1.165, 1.54) is 0 Å². The van der Waals surface area contributed by atoms with Gasteiger partial charge in [0, 0.05) is 13.2 Å². The van der Waals surface area contributed by atoms with Crippen molar-refractivity contribution >= 4 is 11.7 Å². The molecule has 1 amide bonds. The van der Waals surface area contributed by atoms with Crippen LogP contribution in [0.2, 0.25) is 0 Å². The average molecular weight is 244 g/mol. The van der Waals surface area contributed by atoms with E-state index >= 15 is 0 Å². The van der Waals surface area contributed by atoms with E-state index in [1.807, 2.05) is 0 Å². The van der Waals surface area contributed by atoms with Crippen LogP contribution in [0, 0.1) is 0 Å². The van der Waals surface area contributed by atoms with Crippen LogP contribution in [0.4, 0.5) is 5.82 Å². The molecule has 0 saturated carbocycles. The summed E-state index contributed by atoms with van der Waals surface area (Å²) >= 11 is 0. The number of hydrogen-bond acceptors (Lipinski definition) is 6. The molecule has 2 aromatic rings. The van der Waals surface area contributed by atoms with Crippen LogP contribution in [0.1, 0.15) is 16.2 Å². The first kappa shape index (κ1) is 11.9. The SMILES string of the molecule is CNc1ccc(C(=O)NCc2cccnn2)nn1. The van der Waals surface area contributed by atoms with Crippen molar-refractivity contribution in [1.82, 2.24) is 25.7 Å². The number of amides is 1. The standard InChI is InChI=1S/C11H12N6O/c1-12-10-5-4-9(16-17-10)11(18)13-7-8-3-2-6-14-15-8/h2-6H,7H2,1H3,(H,12,17)(H,13,18). The van der Waals surface area contributed by atoms with Crippen molar-refractivity contribution in [3.8, 4) is 0 Å². The van der Waals surface area contributed by atoms with Crippen molar-refractivity contribution in [2.75, 3.05) is 12.4 Å². The van der Waals surface area contributed by atoms with Gasteiger partial charge in [-0.15, -0.1) is 10.2 Å². The highest BCUT2D eigenvalue weighted by Gasteiger charge is 2.07. The van der Waals surface area contributed by atoms with E-state index in [1.54, 1.807) is 37.5 Å². The molecule has 18 heavy (non-hydrogen) atoms. The van der Waals surface area contributed by atoms with Gasteiger partial charge >= 0.3 is 0 Å². The highest BCUT2D eigenvalue weighted by molar-refractivity contribution is 5.92. The van der Waals surface area contributed by atoms with Gasteiger partial charge in [0.05, 0.1) is 12.2 Å². The van der Waals surface area contributed by atoms with Crippen LogP contribution in [0.5, 0.6) is 0 Å². The molecule has 0 spiro atoms. The van der Waals surface area contributed by atoms with Gasteiger partial charge < -0.3 is 10.6 Å². The average Bonchev–Trinajstić information content (AvgIpc) is 2.46. The monoisotopic (exact) mass is 244 g/mol. The second-order valence-corrected chi connectivity index (χ2v) is 3.45. The maximum absolute atomic E-state index is 11.7. The largest absolute Gasteiger partial charge is 0.372 e. The molecule has 2 heterocycles. The topological polar surface area (TPSA) is 92.7 Å². The second-order valence-electron chi connectivity index (χ2n) is 3.45. The summed E-state index contributed by atoms with van der Waals surface area (Å²) in [6.45, 7) is 0.308. The molecule has 0 unspecified atom stereocenters. The smallest absolute Gasteiger partial charge is 0.272 e. The Morgan fingerprint density at radius 3 is 2.72 bits per heavy atom. The fourth-order valence-electron chi connectivity index (χ4n) is 1.28. The zero-order chi connectivity index (χ0) is 12.8. The zero-order valence-electron chi connectivity index (χ0n) is 9.79. The number of rotatable bonds is 4. The van der Waals surface area contributed by atoms with Crippen molar-refractivity contribution in [1.29, 1.82) is 0 Å². The molecule has 0 radical (unpaired) electrons. The Bertz CT molecular complexity index is 513. The minimum absolute atomic E-state index is 0.262. The Labute approximate surface area is 104 Å². The van der Waals surface area contributed by atoms with Crippen molar-refractivity contribution in [3.63, 3.8) is 0 Å². The van der Waals surface area contributed by atoms with Gasteiger partial charge in [0.15, 0.2) is 5.69 Å². The fraction of sp³-hybridized carbons (Fsp3) is 0.182. The summed E-state index contributed by atoms with van der Waals surface area (Å²) in [5.41, 5.74) is 0.948. The van der Waals surface area contributed by atoms with Gasteiger partial charge in [0.25, 0.3) is 5.91 Å².